The fourth-order valence-corrected chi connectivity index (χ4v) is 4.31. The number of pyridine rings is 1. The molecule has 0 saturated carbocycles. The van der Waals surface area contributed by atoms with Crippen LogP contribution in [-0.4, -0.2) is 40.4 Å². The number of nitrogens with zero attached hydrogens (tertiary/aromatic N) is 4. The zero-order valence-electron chi connectivity index (χ0n) is 16.1. The van der Waals surface area contributed by atoms with Crippen LogP contribution in [-0.2, 0) is 16.8 Å². The number of benzene rings is 1. The maximum absolute atomic E-state index is 11.3. The van der Waals surface area contributed by atoms with Crippen molar-refractivity contribution in [1.29, 1.82) is 0 Å². The summed E-state index contributed by atoms with van der Waals surface area (Å²) in [5.41, 5.74) is 8.81. The number of aromatic nitrogens is 3. The summed E-state index contributed by atoms with van der Waals surface area (Å²) in [5.74, 6) is 0.398. The van der Waals surface area contributed by atoms with E-state index >= 15 is 0 Å². The first-order valence-corrected chi connectivity index (χ1v) is 9.94. The van der Waals surface area contributed by atoms with Gasteiger partial charge < -0.3 is 15.4 Å². The van der Waals surface area contributed by atoms with E-state index in [1.54, 1.807) is 12.3 Å². The highest BCUT2D eigenvalue weighted by molar-refractivity contribution is 5.92. The Bertz CT molecular complexity index is 1020. The summed E-state index contributed by atoms with van der Waals surface area (Å²) in [6.07, 6.45) is 6.28. The first-order valence-electron chi connectivity index (χ1n) is 9.94. The predicted octanol–water partition coefficient (Wildman–Crippen LogP) is 2.43. The Balaban J connectivity index is 1.37. The molecule has 0 unspecified atom stereocenters. The third kappa shape index (κ3) is 3.17. The number of para-hydroxylation sites is 1. The molecule has 29 heavy (non-hydrogen) atoms. The average molecular weight is 389 g/mol. The molecule has 2 aliphatic heterocycles. The second kappa shape index (κ2) is 7.00. The van der Waals surface area contributed by atoms with Crippen molar-refractivity contribution in [3.63, 3.8) is 0 Å². The van der Waals surface area contributed by atoms with E-state index in [1.807, 2.05) is 28.9 Å². The van der Waals surface area contributed by atoms with E-state index in [1.165, 1.54) is 5.56 Å². The van der Waals surface area contributed by atoms with Crippen LogP contribution in [0.15, 0.2) is 54.9 Å². The molecule has 4 heterocycles. The Labute approximate surface area is 169 Å². The summed E-state index contributed by atoms with van der Waals surface area (Å²) in [6, 6.07) is 13.8. The van der Waals surface area contributed by atoms with E-state index in [0.717, 1.165) is 56.2 Å². The number of ether oxygens (including phenoxy) is 1. The largest absolute Gasteiger partial charge is 0.368 e. The summed E-state index contributed by atoms with van der Waals surface area (Å²) in [6.45, 7) is 2.36. The predicted molar refractivity (Wildman–Crippen MR) is 109 cm³/mol. The van der Waals surface area contributed by atoms with Gasteiger partial charge in [0.25, 0.3) is 0 Å². The van der Waals surface area contributed by atoms with Gasteiger partial charge in [-0.15, -0.1) is 0 Å². The molecule has 7 heteroatoms. The van der Waals surface area contributed by atoms with Crippen molar-refractivity contribution < 1.29 is 9.53 Å². The van der Waals surface area contributed by atoms with Gasteiger partial charge in [0, 0.05) is 25.5 Å². The van der Waals surface area contributed by atoms with Crippen molar-refractivity contribution in [1.82, 2.24) is 14.8 Å². The Morgan fingerprint density at radius 3 is 2.59 bits per heavy atom. The van der Waals surface area contributed by atoms with Gasteiger partial charge in [-0.1, -0.05) is 18.2 Å². The first-order chi connectivity index (χ1) is 14.1. The van der Waals surface area contributed by atoms with Crippen LogP contribution in [0.1, 0.15) is 34.5 Å². The number of primary amides is 1. The minimum absolute atomic E-state index is 0.336. The molecule has 148 valence electrons. The van der Waals surface area contributed by atoms with E-state index in [2.05, 4.69) is 28.2 Å². The number of rotatable bonds is 3. The molecule has 0 atom stereocenters. The smallest absolute Gasteiger partial charge is 0.250 e. The highest BCUT2D eigenvalue weighted by Gasteiger charge is 2.43. The van der Waals surface area contributed by atoms with Gasteiger partial charge in [0.15, 0.2) is 0 Å². The lowest BCUT2D eigenvalue weighted by molar-refractivity contribution is -0.0797. The van der Waals surface area contributed by atoms with Crippen LogP contribution in [0, 0.1) is 0 Å². The lowest BCUT2D eigenvalue weighted by Gasteiger charge is -2.43. The molecule has 2 N–H and O–H groups in total. The van der Waals surface area contributed by atoms with Gasteiger partial charge in [0.1, 0.15) is 11.4 Å². The number of nitrogens with two attached hydrogens (primary N) is 1. The number of piperidine rings is 1. The molecule has 1 aromatic carbocycles. The van der Waals surface area contributed by atoms with Gasteiger partial charge in [0.05, 0.1) is 23.6 Å². The van der Waals surface area contributed by atoms with Crippen LogP contribution in [0.3, 0.4) is 0 Å². The zero-order chi connectivity index (χ0) is 19.8. The van der Waals surface area contributed by atoms with Crippen molar-refractivity contribution >= 4 is 11.7 Å². The molecule has 2 aliphatic rings. The minimum atomic E-state index is -0.459. The Hall–Kier alpha value is -3.19. The number of hydrogen-bond donors (Lipinski definition) is 1. The minimum Gasteiger partial charge on any atom is -0.368 e. The maximum atomic E-state index is 11.3. The summed E-state index contributed by atoms with van der Waals surface area (Å²) < 4.78 is 8.30. The number of fused-ring (bicyclic) bond motifs is 2. The SMILES string of the molecule is NC(=O)c1ccc(N2CCC3(CC2)OCCc2cn(-c4ccccc4)nc23)nc1. The molecule has 1 saturated heterocycles. The lowest BCUT2D eigenvalue weighted by atomic mass is 9.84. The van der Waals surface area contributed by atoms with Gasteiger partial charge in [-0.2, -0.15) is 5.10 Å². The van der Waals surface area contributed by atoms with Crippen molar-refractivity contribution in [3.8, 4) is 5.69 Å². The Morgan fingerprint density at radius 1 is 1.10 bits per heavy atom. The second-order valence-corrected chi connectivity index (χ2v) is 7.63. The molecular formula is C22H23N5O2. The summed E-state index contributed by atoms with van der Waals surface area (Å²) in [5, 5.41) is 4.93. The fourth-order valence-electron chi connectivity index (χ4n) is 4.31. The van der Waals surface area contributed by atoms with Crippen LogP contribution in [0.2, 0.25) is 0 Å². The number of carbonyl (C=O) groups is 1. The third-order valence-electron chi connectivity index (χ3n) is 5.92. The number of hydrogen-bond acceptors (Lipinski definition) is 5. The molecule has 3 aromatic rings. The van der Waals surface area contributed by atoms with E-state index in [9.17, 15) is 4.79 Å². The summed E-state index contributed by atoms with van der Waals surface area (Å²) >= 11 is 0. The van der Waals surface area contributed by atoms with E-state index in [0.29, 0.717) is 5.56 Å². The van der Waals surface area contributed by atoms with E-state index in [4.69, 9.17) is 15.6 Å². The van der Waals surface area contributed by atoms with Crippen molar-refractivity contribution in [2.45, 2.75) is 24.9 Å². The molecule has 1 amide bonds. The summed E-state index contributed by atoms with van der Waals surface area (Å²) in [4.78, 5) is 17.9. The molecule has 0 radical (unpaired) electrons. The molecule has 1 spiro atoms. The van der Waals surface area contributed by atoms with Crippen LogP contribution in [0.5, 0.6) is 0 Å². The van der Waals surface area contributed by atoms with E-state index in [-0.39, 0.29) is 5.60 Å². The van der Waals surface area contributed by atoms with Gasteiger partial charge in [-0.3, -0.25) is 4.79 Å². The summed E-state index contributed by atoms with van der Waals surface area (Å²) in [7, 11) is 0. The van der Waals surface area contributed by atoms with Crippen LogP contribution < -0.4 is 10.6 Å². The highest BCUT2D eigenvalue weighted by atomic mass is 16.5. The Morgan fingerprint density at radius 2 is 1.90 bits per heavy atom. The van der Waals surface area contributed by atoms with Crippen molar-refractivity contribution in [2.24, 2.45) is 5.73 Å². The molecular weight excluding hydrogens is 366 g/mol. The van der Waals surface area contributed by atoms with Crippen LogP contribution in [0.25, 0.3) is 5.69 Å². The number of anilines is 1. The van der Waals surface area contributed by atoms with Crippen LogP contribution in [0.4, 0.5) is 5.82 Å². The van der Waals surface area contributed by atoms with Crippen molar-refractivity contribution in [2.75, 3.05) is 24.6 Å². The molecule has 2 aromatic heterocycles. The van der Waals surface area contributed by atoms with Gasteiger partial charge in [0.2, 0.25) is 5.91 Å². The zero-order valence-corrected chi connectivity index (χ0v) is 16.1. The number of carbonyl (C=O) groups excluding carboxylic acids is 1. The second-order valence-electron chi connectivity index (χ2n) is 7.63. The van der Waals surface area contributed by atoms with E-state index < -0.39 is 5.91 Å². The quantitative estimate of drug-likeness (QED) is 0.744. The molecule has 5 rings (SSSR count). The van der Waals surface area contributed by atoms with Gasteiger partial charge >= 0.3 is 0 Å². The molecule has 1 fully saturated rings. The average Bonchev–Trinajstić information content (AvgIpc) is 3.21. The Kier molecular flexibility index (Phi) is 4.32. The highest BCUT2D eigenvalue weighted by Crippen LogP contribution is 2.41. The van der Waals surface area contributed by atoms with Crippen molar-refractivity contribution in [3.05, 3.63) is 71.7 Å². The first kappa shape index (κ1) is 17.9. The molecule has 0 bridgehead atoms. The topological polar surface area (TPSA) is 86.3 Å². The molecule has 0 aliphatic carbocycles. The fraction of sp³-hybridized carbons (Fsp3) is 0.318. The van der Waals surface area contributed by atoms with Crippen LogP contribution >= 0.6 is 0 Å². The number of amides is 1. The van der Waals surface area contributed by atoms with Gasteiger partial charge in [-0.05, 0) is 49.1 Å². The maximum Gasteiger partial charge on any atom is 0.250 e. The monoisotopic (exact) mass is 389 g/mol. The lowest BCUT2D eigenvalue weighted by Crippen LogP contribution is -2.47. The normalized spacial score (nSPS) is 17.9. The molecule has 7 nitrogen and oxygen atoms in total. The van der Waals surface area contributed by atoms with Gasteiger partial charge in [-0.25, -0.2) is 9.67 Å². The third-order valence-corrected chi connectivity index (χ3v) is 5.92. The standard InChI is InChI=1S/C22H23N5O2/c23-21(28)16-6-7-19(24-14-16)26-11-9-22(10-12-26)20-17(8-13-29-22)15-27(25-20)18-4-2-1-3-5-18/h1-7,14-15H,8-13H2,(H2,23,28).